The average molecular weight is 406 g/mol. The number of hydrogen-bond acceptors (Lipinski definition) is 4. The molecule has 0 unspecified atom stereocenters. The number of methoxy groups -OCH3 is 1. The van der Waals surface area contributed by atoms with Gasteiger partial charge in [-0.2, -0.15) is 5.10 Å². The van der Waals surface area contributed by atoms with Gasteiger partial charge in [-0.15, -0.1) is 0 Å². The van der Waals surface area contributed by atoms with Crippen LogP contribution in [0.15, 0.2) is 77.7 Å². The highest BCUT2D eigenvalue weighted by Gasteiger charge is 2.18. The minimum Gasteiger partial charge on any atom is -0.497 e. The highest BCUT2D eigenvalue weighted by atomic mass is 16.5. The van der Waals surface area contributed by atoms with Crippen molar-refractivity contribution in [2.24, 2.45) is 5.10 Å². The topological polar surface area (TPSA) is 54.8 Å². The van der Waals surface area contributed by atoms with Gasteiger partial charge in [0.15, 0.2) is 0 Å². The Balaban J connectivity index is 2.42. The Bertz CT molecular complexity index is 884. The van der Waals surface area contributed by atoms with E-state index < -0.39 is 0 Å². The summed E-state index contributed by atoms with van der Waals surface area (Å²) in [6.07, 6.45) is 11.6. The van der Waals surface area contributed by atoms with Crippen molar-refractivity contribution in [3.8, 4) is 5.75 Å². The number of allylic oxidation sites excluding steroid dienone is 3. The lowest BCUT2D eigenvalue weighted by atomic mass is 10.1. The van der Waals surface area contributed by atoms with Crippen molar-refractivity contribution in [2.45, 2.75) is 46.6 Å². The van der Waals surface area contributed by atoms with E-state index in [0.717, 1.165) is 34.6 Å². The van der Waals surface area contributed by atoms with E-state index in [1.807, 2.05) is 68.5 Å². The van der Waals surface area contributed by atoms with E-state index in [1.165, 1.54) is 0 Å². The number of pyridine rings is 1. The van der Waals surface area contributed by atoms with Gasteiger partial charge in [0.2, 0.25) is 0 Å². The van der Waals surface area contributed by atoms with E-state index >= 15 is 0 Å². The number of hydrogen-bond donors (Lipinski definition) is 0. The number of benzene rings is 1. The summed E-state index contributed by atoms with van der Waals surface area (Å²) in [6, 6.07) is 11.5. The van der Waals surface area contributed by atoms with Crippen LogP contribution < -0.4 is 4.74 Å². The lowest BCUT2D eigenvalue weighted by Gasteiger charge is -2.20. The number of carbonyl (C=O) groups excluding carboxylic acids is 1. The first-order chi connectivity index (χ1) is 14.6. The van der Waals surface area contributed by atoms with Crippen molar-refractivity contribution in [2.75, 3.05) is 7.11 Å². The van der Waals surface area contributed by atoms with Gasteiger partial charge < -0.3 is 4.74 Å². The third-order valence-electron chi connectivity index (χ3n) is 4.62. The number of aromatic nitrogens is 1. The van der Waals surface area contributed by atoms with Gasteiger partial charge in [-0.3, -0.25) is 9.78 Å². The van der Waals surface area contributed by atoms with Crippen molar-refractivity contribution in [3.63, 3.8) is 0 Å². The van der Waals surface area contributed by atoms with Gasteiger partial charge in [-0.1, -0.05) is 57.2 Å². The van der Waals surface area contributed by atoms with Gasteiger partial charge >= 0.3 is 0 Å². The van der Waals surface area contributed by atoms with Crippen LogP contribution in [0.25, 0.3) is 0 Å². The quantitative estimate of drug-likeness (QED) is 0.226. The Labute approximate surface area is 179 Å². The number of ether oxygens (including phenoxy) is 1. The summed E-state index contributed by atoms with van der Waals surface area (Å²) >= 11 is 0. The first-order valence-electron chi connectivity index (χ1n) is 10.4. The molecular weight excluding hydrogens is 374 g/mol. The van der Waals surface area contributed by atoms with Crippen molar-refractivity contribution < 1.29 is 9.53 Å². The standard InChI is InChI=1S/C25H31N3O2/c1-5-8-9-11-21(6-2)25(29)28(19-20-13-15-23(30-4)16-14-20)27-24(7-3)22-12-10-17-26-18-22/h8-18H,5-7,19H2,1-4H3/b9-8-,21-11+,27-24+. The molecule has 1 amide bonds. The second-order valence-corrected chi connectivity index (χ2v) is 6.73. The number of rotatable bonds is 10. The normalized spacial score (nSPS) is 12.3. The fourth-order valence-electron chi connectivity index (χ4n) is 2.89. The van der Waals surface area contributed by atoms with Gasteiger partial charge in [-0.25, -0.2) is 5.01 Å². The maximum absolute atomic E-state index is 13.4. The van der Waals surface area contributed by atoms with Crippen LogP contribution >= 0.6 is 0 Å². The monoisotopic (exact) mass is 405 g/mol. The van der Waals surface area contributed by atoms with E-state index in [2.05, 4.69) is 11.9 Å². The van der Waals surface area contributed by atoms with Crippen molar-refractivity contribution in [1.29, 1.82) is 0 Å². The second-order valence-electron chi connectivity index (χ2n) is 6.73. The van der Waals surface area contributed by atoms with Crippen LogP contribution in [-0.4, -0.2) is 28.7 Å². The molecule has 0 saturated carbocycles. The minimum absolute atomic E-state index is 0.0936. The van der Waals surface area contributed by atoms with Crippen LogP contribution in [0.1, 0.15) is 51.2 Å². The van der Waals surface area contributed by atoms with Crippen LogP contribution in [0.4, 0.5) is 0 Å². The van der Waals surface area contributed by atoms with Crippen LogP contribution in [0.3, 0.4) is 0 Å². The molecule has 158 valence electrons. The number of hydrazone groups is 1. The molecule has 0 radical (unpaired) electrons. The smallest absolute Gasteiger partial charge is 0.270 e. The van der Waals surface area contributed by atoms with Gasteiger partial charge in [0, 0.05) is 23.5 Å². The van der Waals surface area contributed by atoms with Gasteiger partial charge in [-0.05, 0) is 43.0 Å². The fraction of sp³-hybridized carbons (Fsp3) is 0.320. The summed E-state index contributed by atoms with van der Waals surface area (Å²) in [6.45, 7) is 6.46. The van der Waals surface area contributed by atoms with Gasteiger partial charge in [0.05, 0.1) is 19.4 Å². The second kappa shape index (κ2) is 12.4. The molecule has 1 aromatic carbocycles. The zero-order valence-corrected chi connectivity index (χ0v) is 18.3. The first kappa shape index (κ1) is 23.1. The number of nitrogens with zero attached hydrogens (tertiary/aromatic N) is 3. The minimum atomic E-state index is -0.0936. The summed E-state index contributed by atoms with van der Waals surface area (Å²) in [7, 11) is 1.64. The summed E-state index contributed by atoms with van der Waals surface area (Å²) in [5.74, 6) is 0.687. The van der Waals surface area contributed by atoms with Gasteiger partial charge in [0.1, 0.15) is 5.75 Å². The fourth-order valence-corrected chi connectivity index (χ4v) is 2.89. The highest BCUT2D eigenvalue weighted by molar-refractivity contribution is 6.01. The molecule has 30 heavy (non-hydrogen) atoms. The van der Waals surface area contributed by atoms with Crippen LogP contribution in [0, 0.1) is 0 Å². The Morgan fingerprint density at radius 3 is 2.47 bits per heavy atom. The van der Waals surface area contributed by atoms with E-state index in [9.17, 15) is 4.79 Å². The third kappa shape index (κ3) is 6.69. The molecule has 2 aromatic rings. The highest BCUT2D eigenvalue weighted by Crippen LogP contribution is 2.17. The lowest BCUT2D eigenvalue weighted by Crippen LogP contribution is -2.28. The van der Waals surface area contributed by atoms with Crippen LogP contribution in [-0.2, 0) is 11.3 Å². The Kier molecular flexibility index (Phi) is 9.52. The molecule has 1 aromatic heterocycles. The molecule has 0 atom stereocenters. The molecule has 0 aliphatic carbocycles. The molecule has 0 N–H and O–H groups in total. The Morgan fingerprint density at radius 1 is 1.13 bits per heavy atom. The van der Waals surface area contributed by atoms with E-state index in [0.29, 0.717) is 19.4 Å². The summed E-state index contributed by atoms with van der Waals surface area (Å²) < 4.78 is 5.24. The maximum Gasteiger partial charge on any atom is 0.270 e. The summed E-state index contributed by atoms with van der Waals surface area (Å²) in [5.41, 5.74) is 3.44. The molecule has 0 spiro atoms. The summed E-state index contributed by atoms with van der Waals surface area (Å²) in [5, 5.41) is 6.32. The molecule has 0 fully saturated rings. The lowest BCUT2D eigenvalue weighted by molar-refractivity contribution is -0.127. The van der Waals surface area contributed by atoms with E-state index in [-0.39, 0.29) is 5.91 Å². The predicted molar refractivity (Wildman–Crippen MR) is 122 cm³/mol. The molecule has 5 heteroatoms. The van der Waals surface area contributed by atoms with Crippen molar-refractivity contribution >= 4 is 11.6 Å². The zero-order chi connectivity index (χ0) is 21.8. The van der Waals surface area contributed by atoms with Crippen molar-refractivity contribution in [1.82, 2.24) is 9.99 Å². The average Bonchev–Trinajstić information content (AvgIpc) is 2.80. The zero-order valence-electron chi connectivity index (χ0n) is 18.3. The van der Waals surface area contributed by atoms with Gasteiger partial charge in [0.25, 0.3) is 5.91 Å². The SMILES string of the molecule is CC/C=C\C=C(/CC)C(=O)N(Cc1ccc(OC)cc1)/N=C(\CC)c1cccnc1. The first-order valence-corrected chi connectivity index (χ1v) is 10.4. The predicted octanol–water partition coefficient (Wildman–Crippen LogP) is 5.54. The third-order valence-corrected chi connectivity index (χ3v) is 4.62. The molecule has 0 saturated heterocycles. The Morgan fingerprint density at radius 2 is 1.90 bits per heavy atom. The molecule has 0 aliphatic heterocycles. The molecular formula is C25H31N3O2. The summed E-state index contributed by atoms with van der Waals surface area (Å²) in [4.78, 5) is 17.5. The van der Waals surface area contributed by atoms with E-state index in [4.69, 9.17) is 9.84 Å². The Hall–Kier alpha value is -3.21. The number of amides is 1. The van der Waals surface area contributed by atoms with E-state index in [1.54, 1.807) is 24.5 Å². The maximum atomic E-state index is 13.4. The van der Waals surface area contributed by atoms with Crippen LogP contribution in [0.2, 0.25) is 0 Å². The van der Waals surface area contributed by atoms with Crippen LogP contribution in [0.5, 0.6) is 5.75 Å². The molecule has 5 nitrogen and oxygen atoms in total. The molecule has 1 heterocycles. The molecule has 2 rings (SSSR count). The van der Waals surface area contributed by atoms with Crippen molar-refractivity contribution in [3.05, 3.63) is 83.7 Å². The molecule has 0 bridgehead atoms. The molecule has 0 aliphatic rings. The number of carbonyl (C=O) groups is 1. The largest absolute Gasteiger partial charge is 0.497 e.